The van der Waals surface area contributed by atoms with Crippen LogP contribution < -0.4 is 9.47 Å². The maximum absolute atomic E-state index is 12.8. The van der Waals surface area contributed by atoms with Crippen molar-refractivity contribution in [2.75, 3.05) is 12.9 Å². The van der Waals surface area contributed by atoms with Crippen molar-refractivity contribution in [2.45, 2.75) is 4.90 Å². The molecule has 0 N–H and O–H groups in total. The fourth-order valence-electron chi connectivity index (χ4n) is 1.65. The maximum atomic E-state index is 12.8. The Balaban J connectivity index is 1.97. The molecule has 112 valence electrons. The van der Waals surface area contributed by atoms with Crippen molar-refractivity contribution in [1.29, 1.82) is 5.26 Å². The Hall–Kier alpha value is -2.52. The van der Waals surface area contributed by atoms with E-state index < -0.39 is 5.97 Å². The van der Waals surface area contributed by atoms with Gasteiger partial charge in [-0.3, -0.25) is 4.79 Å². The van der Waals surface area contributed by atoms with Crippen molar-refractivity contribution < 1.29 is 18.7 Å². The molecule has 6 heteroatoms. The minimum Gasteiger partial charge on any atom is -0.493 e. The van der Waals surface area contributed by atoms with E-state index in [0.717, 1.165) is 4.90 Å². The molecule has 2 rings (SSSR count). The summed E-state index contributed by atoms with van der Waals surface area (Å²) >= 11 is 1.24. The van der Waals surface area contributed by atoms with Crippen LogP contribution in [0.5, 0.6) is 11.5 Å². The molecule has 0 bridgehead atoms. The lowest BCUT2D eigenvalue weighted by Crippen LogP contribution is -2.11. The highest BCUT2D eigenvalue weighted by Gasteiger charge is 2.11. The molecule has 0 aromatic heterocycles. The first-order valence-electron chi connectivity index (χ1n) is 6.29. The Morgan fingerprint density at radius 1 is 1.23 bits per heavy atom. The smallest absolute Gasteiger partial charge is 0.321 e. The monoisotopic (exact) mass is 317 g/mol. The summed E-state index contributed by atoms with van der Waals surface area (Å²) in [5.41, 5.74) is 0.414. The predicted octanol–water partition coefficient (Wildman–Crippen LogP) is 3.40. The number of nitrogens with zero attached hydrogens (tertiary/aromatic N) is 1. The van der Waals surface area contributed by atoms with Gasteiger partial charge >= 0.3 is 5.97 Å². The van der Waals surface area contributed by atoms with Crippen molar-refractivity contribution in [3.8, 4) is 17.6 Å². The average molecular weight is 317 g/mol. The van der Waals surface area contributed by atoms with Gasteiger partial charge in [0, 0.05) is 11.0 Å². The molecule has 0 atom stereocenters. The van der Waals surface area contributed by atoms with Gasteiger partial charge in [-0.2, -0.15) is 5.26 Å². The number of esters is 1. The molecule has 0 saturated carbocycles. The second-order valence-corrected chi connectivity index (χ2v) is 5.24. The second kappa shape index (κ2) is 7.48. The van der Waals surface area contributed by atoms with E-state index in [4.69, 9.17) is 14.7 Å². The van der Waals surface area contributed by atoms with Crippen molar-refractivity contribution in [3.05, 3.63) is 53.8 Å². The van der Waals surface area contributed by atoms with Gasteiger partial charge in [-0.15, -0.1) is 11.8 Å². The van der Waals surface area contributed by atoms with Crippen LogP contribution in [0.15, 0.2) is 47.4 Å². The van der Waals surface area contributed by atoms with Gasteiger partial charge in [0.2, 0.25) is 0 Å². The third kappa shape index (κ3) is 4.24. The highest BCUT2D eigenvalue weighted by atomic mass is 32.2. The molecule has 0 unspecified atom stereocenters. The molecule has 2 aromatic rings. The largest absolute Gasteiger partial charge is 0.493 e. The van der Waals surface area contributed by atoms with E-state index in [1.165, 1.54) is 49.2 Å². The third-order valence-electron chi connectivity index (χ3n) is 2.69. The Morgan fingerprint density at radius 3 is 2.59 bits per heavy atom. The minimum atomic E-state index is -0.461. The summed E-state index contributed by atoms with van der Waals surface area (Å²) in [6.45, 7) is 0. The summed E-state index contributed by atoms with van der Waals surface area (Å²) in [5.74, 6) is -0.133. The van der Waals surface area contributed by atoms with E-state index in [9.17, 15) is 9.18 Å². The second-order valence-electron chi connectivity index (χ2n) is 4.19. The van der Waals surface area contributed by atoms with Gasteiger partial charge in [-0.1, -0.05) is 0 Å². The van der Waals surface area contributed by atoms with Gasteiger partial charge in [0.05, 0.1) is 24.5 Å². The van der Waals surface area contributed by atoms with E-state index in [1.54, 1.807) is 12.1 Å². The van der Waals surface area contributed by atoms with Crippen molar-refractivity contribution in [1.82, 2.24) is 0 Å². The lowest BCUT2D eigenvalue weighted by atomic mass is 10.2. The van der Waals surface area contributed by atoms with Crippen molar-refractivity contribution in [2.24, 2.45) is 0 Å². The molecule has 0 fully saturated rings. The zero-order chi connectivity index (χ0) is 15.9. The first-order valence-corrected chi connectivity index (χ1v) is 7.28. The number of methoxy groups -OCH3 is 1. The molecule has 0 radical (unpaired) electrons. The molecule has 22 heavy (non-hydrogen) atoms. The van der Waals surface area contributed by atoms with Crippen LogP contribution in [-0.2, 0) is 4.79 Å². The molecule has 0 heterocycles. The van der Waals surface area contributed by atoms with E-state index >= 15 is 0 Å². The summed E-state index contributed by atoms with van der Waals surface area (Å²) in [7, 11) is 1.43. The van der Waals surface area contributed by atoms with Crippen molar-refractivity contribution >= 4 is 17.7 Å². The number of rotatable bonds is 5. The Morgan fingerprint density at radius 2 is 1.95 bits per heavy atom. The Bertz CT molecular complexity index is 710. The number of benzene rings is 2. The first-order chi connectivity index (χ1) is 10.6. The van der Waals surface area contributed by atoms with Gasteiger partial charge in [0.15, 0.2) is 11.5 Å². The van der Waals surface area contributed by atoms with E-state index in [-0.39, 0.29) is 17.3 Å². The molecular weight excluding hydrogens is 305 g/mol. The van der Waals surface area contributed by atoms with E-state index in [0.29, 0.717) is 11.3 Å². The fraction of sp³-hybridized carbons (Fsp3) is 0.125. The quantitative estimate of drug-likeness (QED) is 0.480. The Labute approximate surface area is 131 Å². The van der Waals surface area contributed by atoms with Gasteiger partial charge in [0.1, 0.15) is 5.82 Å². The zero-order valence-electron chi connectivity index (χ0n) is 11.7. The topological polar surface area (TPSA) is 59.3 Å². The molecule has 4 nitrogen and oxygen atoms in total. The fourth-order valence-corrected chi connectivity index (χ4v) is 2.32. The summed E-state index contributed by atoms with van der Waals surface area (Å²) in [4.78, 5) is 12.6. The van der Waals surface area contributed by atoms with Crippen molar-refractivity contribution in [3.63, 3.8) is 0 Å². The van der Waals surface area contributed by atoms with Gasteiger partial charge in [-0.25, -0.2) is 4.39 Å². The number of halogens is 1. The lowest BCUT2D eigenvalue weighted by molar-refractivity contribution is -0.131. The summed E-state index contributed by atoms with van der Waals surface area (Å²) in [6, 6.07) is 12.4. The number of hydrogen-bond donors (Lipinski definition) is 0. The zero-order valence-corrected chi connectivity index (χ0v) is 12.5. The molecule has 0 saturated heterocycles. The standard InChI is InChI=1S/C16H12FNO3S/c1-20-15-8-11(9-18)2-7-14(15)21-16(19)10-22-13-5-3-12(17)4-6-13/h2-8H,10H2,1H3. The van der Waals surface area contributed by atoms with Crippen LogP contribution >= 0.6 is 11.8 Å². The van der Waals surface area contributed by atoms with Gasteiger partial charge in [-0.05, 0) is 36.4 Å². The SMILES string of the molecule is COc1cc(C#N)ccc1OC(=O)CSc1ccc(F)cc1. The molecule has 2 aromatic carbocycles. The van der Waals surface area contributed by atoms with Gasteiger partial charge < -0.3 is 9.47 Å². The molecule has 0 aliphatic carbocycles. The number of nitriles is 1. The minimum absolute atomic E-state index is 0.0782. The van der Waals surface area contributed by atoms with Crippen LogP contribution in [0.1, 0.15) is 5.56 Å². The van der Waals surface area contributed by atoms with Crippen LogP contribution in [-0.4, -0.2) is 18.8 Å². The number of hydrogen-bond acceptors (Lipinski definition) is 5. The number of ether oxygens (including phenoxy) is 2. The van der Waals surface area contributed by atoms with Crippen LogP contribution in [0, 0.1) is 17.1 Å². The van der Waals surface area contributed by atoms with Crippen LogP contribution in [0.3, 0.4) is 0 Å². The highest BCUT2D eigenvalue weighted by Crippen LogP contribution is 2.28. The van der Waals surface area contributed by atoms with Crippen LogP contribution in [0.4, 0.5) is 4.39 Å². The normalized spacial score (nSPS) is 9.86. The van der Waals surface area contributed by atoms with E-state index in [2.05, 4.69) is 0 Å². The third-order valence-corrected chi connectivity index (χ3v) is 3.67. The summed E-state index contributed by atoms with van der Waals surface area (Å²) in [5, 5.41) is 8.82. The highest BCUT2D eigenvalue weighted by molar-refractivity contribution is 8.00. The number of carbonyl (C=O) groups excluding carboxylic acids is 1. The summed E-state index contributed by atoms with van der Waals surface area (Å²) < 4.78 is 23.1. The molecule has 0 amide bonds. The maximum Gasteiger partial charge on any atom is 0.321 e. The van der Waals surface area contributed by atoms with Crippen LogP contribution in [0.25, 0.3) is 0 Å². The van der Waals surface area contributed by atoms with Gasteiger partial charge in [0.25, 0.3) is 0 Å². The summed E-state index contributed by atoms with van der Waals surface area (Å²) in [6.07, 6.45) is 0. The average Bonchev–Trinajstić information content (AvgIpc) is 2.54. The Kier molecular flexibility index (Phi) is 5.39. The van der Waals surface area contributed by atoms with E-state index in [1.807, 2.05) is 6.07 Å². The number of thioether (sulfide) groups is 1. The first kappa shape index (κ1) is 15.9. The molecule has 0 aliphatic heterocycles. The molecule has 0 spiro atoms. The number of carbonyl (C=O) groups is 1. The van der Waals surface area contributed by atoms with Crippen LogP contribution in [0.2, 0.25) is 0 Å². The predicted molar refractivity (Wildman–Crippen MR) is 80.5 cm³/mol. The lowest BCUT2D eigenvalue weighted by Gasteiger charge is -2.09. The molecular formula is C16H12FNO3S. The molecule has 0 aliphatic rings.